The molecule has 0 saturated carbocycles. The number of benzene rings is 4. The van der Waals surface area contributed by atoms with Crippen molar-refractivity contribution in [2.24, 2.45) is 22.7 Å². The predicted molar refractivity (Wildman–Crippen MR) is 197 cm³/mol. The molecule has 0 bridgehead atoms. The summed E-state index contributed by atoms with van der Waals surface area (Å²) in [5, 5.41) is 42.6. The highest BCUT2D eigenvalue weighted by atomic mass is 16.3. The molecular formula is C41H50N6O2. The van der Waals surface area contributed by atoms with E-state index in [4.69, 9.17) is 20.4 Å². The number of phenols is 2. The molecule has 0 fully saturated rings. The highest BCUT2D eigenvalue weighted by Gasteiger charge is 2.37. The summed E-state index contributed by atoms with van der Waals surface area (Å²) in [5.74, 6) is 1.09. The Morgan fingerprint density at radius 1 is 0.490 bits per heavy atom. The monoisotopic (exact) mass is 658 g/mol. The lowest BCUT2D eigenvalue weighted by molar-refractivity contribution is 0.132. The van der Waals surface area contributed by atoms with Crippen LogP contribution in [0.1, 0.15) is 89.7 Å². The van der Waals surface area contributed by atoms with Gasteiger partial charge in [-0.3, -0.25) is 0 Å². The third-order valence-electron chi connectivity index (χ3n) is 10.0. The van der Waals surface area contributed by atoms with E-state index < -0.39 is 0 Å². The number of rotatable bonds is 12. The van der Waals surface area contributed by atoms with E-state index >= 15 is 0 Å². The zero-order valence-corrected chi connectivity index (χ0v) is 30.1. The van der Waals surface area contributed by atoms with Gasteiger partial charge in [0.1, 0.15) is 33.6 Å². The van der Waals surface area contributed by atoms with Gasteiger partial charge in [0.15, 0.2) is 0 Å². The standard InChI is InChI=1S/C41H50N6O2/c1-26(2)38(46-42-32-19-9-10-20-33(32)43-46)40(5,6)24-30-17-13-15-28(36(30)48)23-29-16-14-18-31(37(29)49)25-41(7,8)39(27(3)4)47-44-34-21-11-12-22-35(34)45-47/h9-22,26-27,38-39,48-49H,23-25H2,1-8H3. The summed E-state index contributed by atoms with van der Waals surface area (Å²) >= 11 is 0. The molecule has 8 nitrogen and oxygen atoms in total. The minimum absolute atomic E-state index is 0.0111. The molecule has 0 radical (unpaired) electrons. The summed E-state index contributed by atoms with van der Waals surface area (Å²) < 4.78 is 0. The number of hydrogen-bond acceptors (Lipinski definition) is 6. The number of aromatic hydroxyl groups is 2. The van der Waals surface area contributed by atoms with Crippen LogP contribution in [0, 0.1) is 22.7 Å². The number of phenolic OH excluding ortho intramolecular Hbond substituents is 2. The molecule has 8 heteroatoms. The van der Waals surface area contributed by atoms with E-state index in [1.54, 1.807) is 0 Å². The maximum Gasteiger partial charge on any atom is 0.122 e. The fourth-order valence-electron chi connectivity index (χ4n) is 8.22. The molecule has 6 aromatic rings. The Morgan fingerprint density at radius 2 is 0.796 bits per heavy atom. The van der Waals surface area contributed by atoms with Gasteiger partial charge in [-0.25, -0.2) is 0 Å². The molecule has 0 aliphatic heterocycles. The van der Waals surface area contributed by atoms with Gasteiger partial charge in [0.25, 0.3) is 0 Å². The van der Waals surface area contributed by atoms with Crippen LogP contribution in [0.5, 0.6) is 11.5 Å². The summed E-state index contributed by atoms with van der Waals surface area (Å²) in [7, 11) is 0. The summed E-state index contributed by atoms with van der Waals surface area (Å²) in [6.07, 6.45) is 1.70. The van der Waals surface area contributed by atoms with Gasteiger partial charge in [-0.1, -0.05) is 116 Å². The van der Waals surface area contributed by atoms with Gasteiger partial charge in [0.2, 0.25) is 0 Å². The summed E-state index contributed by atoms with van der Waals surface area (Å²) in [5.41, 5.74) is 6.31. The second-order valence-electron chi connectivity index (χ2n) is 15.8. The molecule has 4 aromatic carbocycles. The van der Waals surface area contributed by atoms with Crippen LogP contribution in [-0.4, -0.2) is 40.2 Å². The Balaban J connectivity index is 1.24. The number of nitrogens with zero attached hydrogens (tertiary/aromatic N) is 6. The average Bonchev–Trinajstić information content (AvgIpc) is 3.64. The second-order valence-corrected chi connectivity index (χ2v) is 15.8. The van der Waals surface area contributed by atoms with Gasteiger partial charge in [0, 0.05) is 6.42 Å². The molecule has 2 heterocycles. The van der Waals surface area contributed by atoms with Crippen molar-refractivity contribution in [3.8, 4) is 11.5 Å². The van der Waals surface area contributed by atoms with E-state index in [1.165, 1.54) is 0 Å². The van der Waals surface area contributed by atoms with Crippen LogP contribution in [0.4, 0.5) is 0 Å². The van der Waals surface area contributed by atoms with Gasteiger partial charge >= 0.3 is 0 Å². The van der Waals surface area contributed by atoms with E-state index in [0.29, 0.717) is 19.3 Å². The van der Waals surface area contributed by atoms with Crippen LogP contribution in [0.15, 0.2) is 84.9 Å². The highest BCUT2D eigenvalue weighted by Crippen LogP contribution is 2.44. The summed E-state index contributed by atoms with van der Waals surface area (Å²) in [6, 6.07) is 27.8. The quantitative estimate of drug-likeness (QED) is 0.136. The van der Waals surface area contributed by atoms with Crippen LogP contribution >= 0.6 is 0 Å². The number of hydrogen-bond donors (Lipinski definition) is 2. The molecule has 49 heavy (non-hydrogen) atoms. The van der Waals surface area contributed by atoms with Crippen molar-refractivity contribution in [1.82, 2.24) is 30.0 Å². The van der Waals surface area contributed by atoms with Crippen LogP contribution in [0.25, 0.3) is 22.1 Å². The lowest BCUT2D eigenvalue weighted by atomic mass is 9.74. The maximum absolute atomic E-state index is 11.6. The lowest BCUT2D eigenvalue weighted by Gasteiger charge is -2.37. The number of fused-ring (bicyclic) bond motifs is 2. The largest absolute Gasteiger partial charge is 0.507 e. The summed E-state index contributed by atoms with van der Waals surface area (Å²) in [4.78, 5) is 3.74. The Labute approximate surface area is 289 Å². The molecule has 256 valence electrons. The molecule has 0 aliphatic rings. The van der Waals surface area contributed by atoms with E-state index in [0.717, 1.165) is 44.3 Å². The summed E-state index contributed by atoms with van der Waals surface area (Å²) in [6.45, 7) is 17.7. The van der Waals surface area contributed by atoms with Gasteiger partial charge in [-0.05, 0) is 82.0 Å². The third-order valence-corrected chi connectivity index (χ3v) is 10.0. The number of para-hydroxylation sites is 2. The fraction of sp³-hybridized carbons (Fsp3) is 0.415. The Hall–Kier alpha value is -4.72. The van der Waals surface area contributed by atoms with E-state index in [1.807, 2.05) is 94.5 Å². The number of aromatic nitrogens is 6. The first-order valence-corrected chi connectivity index (χ1v) is 17.5. The molecular weight excluding hydrogens is 608 g/mol. The van der Waals surface area contributed by atoms with Crippen molar-refractivity contribution in [3.05, 3.63) is 107 Å². The normalized spacial score (nSPS) is 13.9. The SMILES string of the molecule is CC(C)C(n1nc2ccccc2n1)C(C)(C)Cc1cccc(Cc2cccc(CC(C)(C)C(C(C)C)n3nc4ccccc4n3)c2O)c1O. The minimum atomic E-state index is -0.269. The smallest absolute Gasteiger partial charge is 0.122 e. The molecule has 2 atom stereocenters. The van der Waals surface area contributed by atoms with Crippen molar-refractivity contribution in [2.45, 2.75) is 86.7 Å². The predicted octanol–water partition coefficient (Wildman–Crippen LogP) is 9.11. The Bertz CT molecular complexity index is 1860. The molecule has 2 unspecified atom stereocenters. The molecule has 6 rings (SSSR count). The fourth-order valence-corrected chi connectivity index (χ4v) is 8.22. The first kappa shape index (κ1) is 34.2. The van der Waals surface area contributed by atoms with Crippen LogP contribution in [0.2, 0.25) is 0 Å². The first-order valence-electron chi connectivity index (χ1n) is 17.5. The van der Waals surface area contributed by atoms with E-state index in [9.17, 15) is 10.2 Å². The van der Waals surface area contributed by atoms with Crippen LogP contribution < -0.4 is 0 Å². The molecule has 2 N–H and O–H groups in total. The van der Waals surface area contributed by atoms with Gasteiger partial charge < -0.3 is 10.2 Å². The average molecular weight is 659 g/mol. The third kappa shape index (κ3) is 6.91. The molecule has 0 aliphatic carbocycles. The van der Waals surface area contributed by atoms with Crippen molar-refractivity contribution in [2.75, 3.05) is 0 Å². The van der Waals surface area contributed by atoms with Crippen molar-refractivity contribution in [1.29, 1.82) is 0 Å². The minimum Gasteiger partial charge on any atom is -0.507 e. The molecule has 2 aromatic heterocycles. The first-order chi connectivity index (χ1) is 23.2. The van der Waals surface area contributed by atoms with Crippen molar-refractivity contribution in [3.63, 3.8) is 0 Å². The van der Waals surface area contributed by atoms with E-state index in [-0.39, 0.29) is 46.2 Å². The van der Waals surface area contributed by atoms with Gasteiger partial charge in [-0.2, -0.15) is 30.0 Å². The Morgan fingerprint density at radius 3 is 1.10 bits per heavy atom. The van der Waals surface area contributed by atoms with Crippen LogP contribution in [-0.2, 0) is 19.3 Å². The van der Waals surface area contributed by atoms with Crippen molar-refractivity contribution < 1.29 is 10.2 Å². The molecule has 0 saturated heterocycles. The maximum atomic E-state index is 11.6. The van der Waals surface area contributed by atoms with Gasteiger partial charge in [-0.15, -0.1) is 0 Å². The molecule has 0 spiro atoms. The van der Waals surface area contributed by atoms with Crippen LogP contribution in [0.3, 0.4) is 0 Å². The zero-order chi connectivity index (χ0) is 35.1. The molecule has 0 amide bonds. The highest BCUT2D eigenvalue weighted by molar-refractivity contribution is 5.73. The van der Waals surface area contributed by atoms with E-state index in [2.05, 4.69) is 55.4 Å². The van der Waals surface area contributed by atoms with Crippen molar-refractivity contribution >= 4 is 22.1 Å². The Kier molecular flexibility index (Phi) is 9.27. The second kappa shape index (κ2) is 13.3. The lowest BCUT2D eigenvalue weighted by Crippen LogP contribution is -2.34. The topological polar surface area (TPSA) is 102 Å². The van der Waals surface area contributed by atoms with Gasteiger partial charge in [0.05, 0.1) is 12.1 Å². The zero-order valence-electron chi connectivity index (χ0n) is 30.1.